The number of halogens is 1. The summed E-state index contributed by atoms with van der Waals surface area (Å²) in [6.45, 7) is 1.70. The van der Waals surface area contributed by atoms with Crippen LogP contribution in [0.3, 0.4) is 0 Å². The molecule has 0 radical (unpaired) electrons. The fourth-order valence-electron chi connectivity index (χ4n) is 3.69. The Morgan fingerprint density at radius 1 is 1.15 bits per heavy atom. The smallest absolute Gasteiger partial charge is 0.255 e. The lowest BCUT2D eigenvalue weighted by Gasteiger charge is -2.39. The van der Waals surface area contributed by atoms with Crippen molar-refractivity contribution in [1.29, 1.82) is 0 Å². The zero-order valence-electron chi connectivity index (χ0n) is 11.7. The lowest BCUT2D eigenvalue weighted by atomic mass is 9.77. The molecule has 1 saturated carbocycles. The van der Waals surface area contributed by atoms with Gasteiger partial charge < -0.3 is 10.6 Å². The largest absolute Gasteiger partial charge is 0.398 e. The Bertz CT molecular complexity index is 513. The van der Waals surface area contributed by atoms with Gasteiger partial charge in [-0.15, -0.1) is 0 Å². The minimum atomic E-state index is 0.0233. The van der Waals surface area contributed by atoms with Crippen LogP contribution in [0, 0.1) is 5.41 Å². The molecule has 2 fully saturated rings. The lowest BCUT2D eigenvalue weighted by molar-refractivity contribution is 0.0587. The SMILES string of the molecule is Nc1cccc(C(=O)N2CCC3(CCCC3)CC2)c1Cl. The van der Waals surface area contributed by atoms with E-state index < -0.39 is 0 Å². The highest BCUT2D eigenvalue weighted by Crippen LogP contribution is 2.46. The quantitative estimate of drug-likeness (QED) is 0.802. The number of rotatable bonds is 1. The van der Waals surface area contributed by atoms with Crippen LogP contribution in [0.5, 0.6) is 0 Å². The molecule has 3 rings (SSSR count). The van der Waals surface area contributed by atoms with Crippen molar-refractivity contribution < 1.29 is 4.79 Å². The molecule has 0 bridgehead atoms. The third kappa shape index (κ3) is 2.39. The number of carbonyl (C=O) groups is 1. The topological polar surface area (TPSA) is 46.3 Å². The first kappa shape index (κ1) is 13.7. The summed E-state index contributed by atoms with van der Waals surface area (Å²) in [4.78, 5) is 14.5. The summed E-state index contributed by atoms with van der Waals surface area (Å²) >= 11 is 6.16. The van der Waals surface area contributed by atoms with Crippen LogP contribution in [0.2, 0.25) is 5.02 Å². The van der Waals surface area contributed by atoms with E-state index in [0.29, 0.717) is 21.7 Å². The van der Waals surface area contributed by atoms with E-state index >= 15 is 0 Å². The first-order valence-electron chi connectivity index (χ1n) is 7.45. The monoisotopic (exact) mass is 292 g/mol. The maximum atomic E-state index is 12.6. The highest BCUT2D eigenvalue weighted by Gasteiger charge is 2.38. The normalized spacial score (nSPS) is 21.4. The molecule has 1 aromatic rings. The third-order valence-electron chi connectivity index (χ3n) is 5.03. The molecule has 2 aliphatic rings. The molecule has 3 nitrogen and oxygen atoms in total. The van der Waals surface area contributed by atoms with Gasteiger partial charge in [0, 0.05) is 13.1 Å². The van der Waals surface area contributed by atoms with E-state index in [1.807, 2.05) is 4.90 Å². The van der Waals surface area contributed by atoms with Gasteiger partial charge in [0.1, 0.15) is 0 Å². The summed E-state index contributed by atoms with van der Waals surface area (Å²) in [5.74, 6) is 0.0233. The molecule has 1 amide bonds. The zero-order chi connectivity index (χ0) is 14.2. The molecule has 4 heteroatoms. The van der Waals surface area contributed by atoms with Gasteiger partial charge in [0.05, 0.1) is 16.3 Å². The summed E-state index contributed by atoms with van der Waals surface area (Å²) in [5.41, 5.74) is 7.31. The summed E-state index contributed by atoms with van der Waals surface area (Å²) in [6, 6.07) is 5.28. The highest BCUT2D eigenvalue weighted by atomic mass is 35.5. The van der Waals surface area contributed by atoms with Gasteiger partial charge in [0.15, 0.2) is 0 Å². The van der Waals surface area contributed by atoms with Gasteiger partial charge in [-0.1, -0.05) is 30.5 Å². The van der Waals surface area contributed by atoms with Gasteiger partial charge >= 0.3 is 0 Å². The molecule has 1 aromatic carbocycles. The average molecular weight is 293 g/mol. The van der Waals surface area contributed by atoms with E-state index in [0.717, 1.165) is 25.9 Å². The maximum Gasteiger partial charge on any atom is 0.255 e. The second-order valence-corrected chi connectivity index (χ2v) is 6.59. The molecule has 0 atom stereocenters. The fraction of sp³-hybridized carbons (Fsp3) is 0.562. The van der Waals surface area contributed by atoms with Gasteiger partial charge in [0.25, 0.3) is 5.91 Å². The second-order valence-electron chi connectivity index (χ2n) is 6.21. The first-order chi connectivity index (χ1) is 9.61. The Balaban J connectivity index is 1.71. The molecule has 1 aliphatic carbocycles. The van der Waals surface area contributed by atoms with E-state index in [1.54, 1.807) is 18.2 Å². The van der Waals surface area contributed by atoms with Crippen molar-refractivity contribution in [2.24, 2.45) is 5.41 Å². The van der Waals surface area contributed by atoms with Crippen LogP contribution >= 0.6 is 11.6 Å². The molecule has 1 spiro atoms. The Kier molecular flexibility index (Phi) is 3.63. The van der Waals surface area contributed by atoms with Gasteiger partial charge in [-0.3, -0.25) is 4.79 Å². The maximum absolute atomic E-state index is 12.6. The van der Waals surface area contributed by atoms with Crippen LogP contribution in [0.4, 0.5) is 5.69 Å². The minimum absolute atomic E-state index is 0.0233. The third-order valence-corrected chi connectivity index (χ3v) is 5.46. The highest BCUT2D eigenvalue weighted by molar-refractivity contribution is 6.36. The van der Waals surface area contributed by atoms with Crippen molar-refractivity contribution in [1.82, 2.24) is 4.90 Å². The van der Waals surface area contributed by atoms with E-state index in [1.165, 1.54) is 25.7 Å². The molecule has 1 aliphatic heterocycles. The number of anilines is 1. The average Bonchev–Trinajstić information content (AvgIpc) is 2.90. The molecule has 0 unspecified atom stereocenters. The van der Waals surface area contributed by atoms with Crippen LogP contribution in [0.15, 0.2) is 18.2 Å². The van der Waals surface area contributed by atoms with E-state index in [2.05, 4.69) is 0 Å². The van der Waals surface area contributed by atoms with Crippen molar-refractivity contribution in [3.05, 3.63) is 28.8 Å². The van der Waals surface area contributed by atoms with Gasteiger partial charge in [-0.25, -0.2) is 0 Å². The standard InChI is InChI=1S/C16H21ClN2O/c17-14-12(4-3-5-13(14)18)15(20)19-10-8-16(9-11-19)6-1-2-7-16/h3-5H,1-2,6-11,18H2. The van der Waals surface area contributed by atoms with Crippen LogP contribution in [-0.2, 0) is 0 Å². The summed E-state index contributed by atoms with van der Waals surface area (Å²) in [5, 5.41) is 0.388. The summed E-state index contributed by atoms with van der Waals surface area (Å²) < 4.78 is 0. The van der Waals surface area contributed by atoms with E-state index in [9.17, 15) is 4.79 Å². The fourth-order valence-corrected chi connectivity index (χ4v) is 3.90. The molecule has 108 valence electrons. The van der Waals surface area contributed by atoms with Crippen LogP contribution in [0.1, 0.15) is 48.9 Å². The number of carbonyl (C=O) groups excluding carboxylic acids is 1. The number of hydrogen-bond donors (Lipinski definition) is 1. The predicted molar refractivity (Wildman–Crippen MR) is 81.9 cm³/mol. The second kappa shape index (κ2) is 5.28. The number of nitrogens with zero attached hydrogens (tertiary/aromatic N) is 1. The Labute approximate surface area is 125 Å². The minimum Gasteiger partial charge on any atom is -0.398 e. The van der Waals surface area contributed by atoms with Crippen molar-refractivity contribution in [3.63, 3.8) is 0 Å². The molecule has 0 aromatic heterocycles. The predicted octanol–water partition coefficient (Wildman–Crippen LogP) is 3.72. The summed E-state index contributed by atoms with van der Waals surface area (Å²) in [6.07, 6.45) is 7.67. The molecular weight excluding hydrogens is 272 g/mol. The van der Waals surface area contributed by atoms with Gasteiger partial charge in [-0.05, 0) is 43.2 Å². The van der Waals surface area contributed by atoms with E-state index in [4.69, 9.17) is 17.3 Å². The number of piperidine rings is 1. The number of likely N-dealkylation sites (tertiary alicyclic amines) is 1. The number of nitrogens with two attached hydrogens (primary N) is 1. The molecule has 20 heavy (non-hydrogen) atoms. The number of benzene rings is 1. The Hall–Kier alpha value is -1.22. The zero-order valence-corrected chi connectivity index (χ0v) is 12.5. The van der Waals surface area contributed by atoms with Gasteiger partial charge in [-0.2, -0.15) is 0 Å². The molecule has 1 saturated heterocycles. The van der Waals surface area contributed by atoms with Crippen molar-refractivity contribution in [2.45, 2.75) is 38.5 Å². The number of nitrogen functional groups attached to an aromatic ring is 1. The number of amides is 1. The molecule has 2 N–H and O–H groups in total. The Morgan fingerprint density at radius 2 is 1.80 bits per heavy atom. The van der Waals surface area contributed by atoms with Crippen LogP contribution < -0.4 is 5.73 Å². The Morgan fingerprint density at radius 3 is 2.45 bits per heavy atom. The first-order valence-corrected chi connectivity index (χ1v) is 7.82. The van der Waals surface area contributed by atoms with Crippen LogP contribution in [-0.4, -0.2) is 23.9 Å². The van der Waals surface area contributed by atoms with Crippen LogP contribution in [0.25, 0.3) is 0 Å². The molecule has 1 heterocycles. The van der Waals surface area contributed by atoms with E-state index in [-0.39, 0.29) is 5.91 Å². The van der Waals surface area contributed by atoms with Crippen molar-refractivity contribution >= 4 is 23.2 Å². The number of hydrogen-bond acceptors (Lipinski definition) is 2. The lowest BCUT2D eigenvalue weighted by Crippen LogP contribution is -2.42. The molecular formula is C16H21ClN2O. The van der Waals surface area contributed by atoms with Crippen molar-refractivity contribution in [2.75, 3.05) is 18.8 Å². The summed E-state index contributed by atoms with van der Waals surface area (Å²) in [7, 11) is 0. The van der Waals surface area contributed by atoms with Gasteiger partial charge in [0.2, 0.25) is 0 Å². The van der Waals surface area contributed by atoms with Crippen molar-refractivity contribution in [3.8, 4) is 0 Å².